The van der Waals surface area contributed by atoms with Crippen LogP contribution in [0.4, 0.5) is 0 Å². The predicted molar refractivity (Wildman–Crippen MR) is 102 cm³/mol. The van der Waals surface area contributed by atoms with Gasteiger partial charge in [-0.3, -0.25) is 4.79 Å². The van der Waals surface area contributed by atoms with Crippen molar-refractivity contribution < 1.29 is 14.3 Å². The van der Waals surface area contributed by atoms with Crippen LogP contribution in [0.25, 0.3) is 0 Å². The number of aliphatic hydroxyl groups is 1. The molecule has 24 heavy (non-hydrogen) atoms. The molecule has 0 aromatic rings. The first-order valence-electron chi connectivity index (χ1n) is 9.40. The number of hydrogen-bond donors (Lipinski definition) is 2. The van der Waals surface area contributed by atoms with E-state index in [-0.39, 0.29) is 22.9 Å². The summed E-state index contributed by atoms with van der Waals surface area (Å²) >= 11 is 0. The van der Waals surface area contributed by atoms with Gasteiger partial charge in [0.1, 0.15) is 0 Å². The van der Waals surface area contributed by atoms with Crippen molar-refractivity contribution in [2.45, 2.75) is 85.2 Å². The smallest absolute Gasteiger partial charge is 0.217 e. The minimum absolute atomic E-state index is 0.0694. The van der Waals surface area contributed by atoms with Crippen LogP contribution in [0.5, 0.6) is 0 Å². The maximum Gasteiger partial charge on any atom is 0.217 e. The Morgan fingerprint density at radius 3 is 2.29 bits per heavy atom. The predicted octanol–water partition coefficient (Wildman–Crippen LogP) is 3.80. The molecule has 5 atom stereocenters. The highest BCUT2D eigenvalue weighted by Gasteiger charge is 2.45. The van der Waals surface area contributed by atoms with Crippen LogP contribution in [-0.2, 0) is 9.22 Å². The Morgan fingerprint density at radius 1 is 1.29 bits per heavy atom. The summed E-state index contributed by atoms with van der Waals surface area (Å²) in [5.41, 5.74) is 0. The Labute approximate surface area is 149 Å². The Balaban J connectivity index is 2.75. The van der Waals surface area contributed by atoms with Gasteiger partial charge in [-0.15, -0.1) is 0 Å². The van der Waals surface area contributed by atoms with E-state index in [1.807, 2.05) is 0 Å². The molecule has 4 nitrogen and oxygen atoms in total. The maximum absolute atomic E-state index is 11.4. The third kappa shape index (κ3) is 4.61. The second-order valence-electron chi connectivity index (χ2n) is 9.21. The molecular weight excluding hydrogens is 318 g/mol. The molecule has 0 heterocycles. The lowest BCUT2D eigenvalue weighted by Crippen LogP contribution is -2.55. The fraction of sp³-hybridized carbons (Fsp3) is 0.947. The first-order valence-corrected chi connectivity index (χ1v) is 12.3. The van der Waals surface area contributed by atoms with Gasteiger partial charge in [0.2, 0.25) is 5.91 Å². The molecule has 1 amide bonds. The lowest BCUT2D eigenvalue weighted by atomic mass is 9.70. The summed E-state index contributed by atoms with van der Waals surface area (Å²) in [5.74, 6) is 1.51. The highest BCUT2D eigenvalue weighted by atomic mass is 28.4. The molecule has 142 valence electrons. The van der Waals surface area contributed by atoms with Gasteiger partial charge in [0.15, 0.2) is 8.32 Å². The van der Waals surface area contributed by atoms with Crippen LogP contribution in [0, 0.1) is 23.7 Å². The fourth-order valence-corrected chi connectivity index (χ4v) is 6.05. The van der Waals surface area contributed by atoms with Crippen molar-refractivity contribution in [3.63, 3.8) is 0 Å². The lowest BCUT2D eigenvalue weighted by molar-refractivity contribution is -0.122. The number of rotatable bonds is 6. The SMILES string of the molecule is CC(=O)NC1C(O)CC(CO[Si](C)(C)C(C)(C)C(C)C)C(C)C1C. The molecule has 1 rings (SSSR count). The summed E-state index contributed by atoms with van der Waals surface area (Å²) in [6.45, 7) is 20.4. The van der Waals surface area contributed by atoms with Crippen molar-refractivity contribution in [3.8, 4) is 0 Å². The lowest BCUT2D eigenvalue weighted by Gasteiger charge is -2.46. The van der Waals surface area contributed by atoms with Gasteiger partial charge >= 0.3 is 0 Å². The van der Waals surface area contributed by atoms with Gasteiger partial charge in [-0.2, -0.15) is 0 Å². The highest BCUT2D eigenvalue weighted by molar-refractivity contribution is 6.74. The molecule has 1 aliphatic rings. The molecule has 0 saturated heterocycles. The van der Waals surface area contributed by atoms with E-state index in [4.69, 9.17) is 4.43 Å². The molecule has 1 fully saturated rings. The highest BCUT2D eigenvalue weighted by Crippen LogP contribution is 2.45. The quantitative estimate of drug-likeness (QED) is 0.711. The van der Waals surface area contributed by atoms with Gasteiger partial charge in [0.05, 0.1) is 12.1 Å². The number of carbonyl (C=O) groups is 1. The topological polar surface area (TPSA) is 58.6 Å². The second kappa shape index (κ2) is 7.88. The number of nitrogens with one attached hydrogen (secondary N) is 1. The average Bonchev–Trinajstić information content (AvgIpc) is 2.45. The summed E-state index contributed by atoms with van der Waals surface area (Å²) in [6.07, 6.45) is 0.208. The van der Waals surface area contributed by atoms with Crippen LogP contribution >= 0.6 is 0 Å². The second-order valence-corrected chi connectivity index (χ2v) is 13.8. The number of carbonyl (C=O) groups excluding carboxylic acids is 1. The van der Waals surface area contributed by atoms with E-state index in [9.17, 15) is 9.90 Å². The zero-order valence-electron chi connectivity index (χ0n) is 17.1. The van der Waals surface area contributed by atoms with E-state index in [1.54, 1.807) is 0 Å². The summed E-state index contributed by atoms with van der Waals surface area (Å²) in [4.78, 5) is 11.4. The molecule has 0 aliphatic heterocycles. The van der Waals surface area contributed by atoms with Crippen LogP contribution in [0.1, 0.15) is 54.9 Å². The van der Waals surface area contributed by atoms with Gasteiger partial charge < -0.3 is 14.8 Å². The largest absolute Gasteiger partial charge is 0.417 e. The van der Waals surface area contributed by atoms with Crippen molar-refractivity contribution in [1.82, 2.24) is 5.32 Å². The zero-order valence-corrected chi connectivity index (χ0v) is 18.1. The molecule has 0 aromatic carbocycles. The minimum Gasteiger partial charge on any atom is -0.417 e. The van der Waals surface area contributed by atoms with Crippen molar-refractivity contribution in [2.75, 3.05) is 6.61 Å². The standard InChI is InChI=1S/C19H39NO3Si/c1-12(2)19(6,7)24(8,9)23-11-16-10-17(22)18(20-15(5)21)14(4)13(16)3/h12-14,16-18,22H,10-11H2,1-9H3,(H,20,21). The number of amides is 1. The van der Waals surface area contributed by atoms with Gasteiger partial charge in [0.25, 0.3) is 0 Å². The Morgan fingerprint density at radius 2 is 1.83 bits per heavy atom. The summed E-state index contributed by atoms with van der Waals surface area (Å²) in [5, 5.41) is 13.6. The van der Waals surface area contributed by atoms with Crippen LogP contribution in [-0.4, -0.2) is 38.1 Å². The van der Waals surface area contributed by atoms with E-state index < -0.39 is 14.4 Å². The third-order valence-corrected chi connectivity index (χ3v) is 11.7. The van der Waals surface area contributed by atoms with E-state index in [0.717, 1.165) is 0 Å². The van der Waals surface area contributed by atoms with Crippen LogP contribution < -0.4 is 5.32 Å². The summed E-state index contributed by atoms with van der Waals surface area (Å²) in [6, 6.07) is -0.147. The Hall–Kier alpha value is -0.393. The van der Waals surface area contributed by atoms with E-state index >= 15 is 0 Å². The summed E-state index contributed by atoms with van der Waals surface area (Å²) in [7, 11) is -1.85. The molecule has 0 radical (unpaired) electrons. The van der Waals surface area contributed by atoms with E-state index in [0.29, 0.717) is 30.8 Å². The fourth-order valence-electron chi connectivity index (χ4n) is 3.66. The minimum atomic E-state index is -1.85. The van der Waals surface area contributed by atoms with Crippen LogP contribution in [0.2, 0.25) is 18.1 Å². The first-order chi connectivity index (χ1) is 10.8. The maximum atomic E-state index is 11.4. The van der Waals surface area contributed by atoms with Crippen molar-refractivity contribution >= 4 is 14.2 Å². The zero-order chi connectivity index (χ0) is 18.9. The van der Waals surface area contributed by atoms with Crippen molar-refractivity contribution in [3.05, 3.63) is 0 Å². The molecule has 0 spiro atoms. The Bertz CT molecular complexity index is 436. The molecular formula is C19H39NO3Si. The van der Waals surface area contributed by atoms with Crippen molar-refractivity contribution in [2.24, 2.45) is 23.7 Å². The van der Waals surface area contributed by atoms with Gasteiger partial charge in [0, 0.05) is 13.5 Å². The average molecular weight is 358 g/mol. The van der Waals surface area contributed by atoms with Gasteiger partial charge in [-0.25, -0.2) is 0 Å². The van der Waals surface area contributed by atoms with Crippen LogP contribution in [0.3, 0.4) is 0 Å². The molecule has 1 saturated carbocycles. The molecule has 0 bridgehead atoms. The monoisotopic (exact) mass is 357 g/mol. The van der Waals surface area contributed by atoms with Gasteiger partial charge in [-0.1, -0.05) is 41.5 Å². The number of hydrogen-bond acceptors (Lipinski definition) is 3. The molecule has 5 unspecified atom stereocenters. The van der Waals surface area contributed by atoms with Gasteiger partial charge in [-0.05, 0) is 48.2 Å². The van der Waals surface area contributed by atoms with E-state index in [1.165, 1.54) is 6.92 Å². The normalized spacial score (nSPS) is 32.0. The Kier molecular flexibility index (Phi) is 7.10. The third-order valence-electron chi connectivity index (χ3n) is 7.12. The molecule has 0 aromatic heterocycles. The van der Waals surface area contributed by atoms with E-state index in [2.05, 4.69) is 60.0 Å². The number of aliphatic hydroxyl groups excluding tert-OH is 1. The van der Waals surface area contributed by atoms with Crippen LogP contribution in [0.15, 0.2) is 0 Å². The first kappa shape index (κ1) is 21.6. The molecule has 5 heteroatoms. The summed E-state index contributed by atoms with van der Waals surface area (Å²) < 4.78 is 6.52. The molecule has 2 N–H and O–H groups in total. The molecule has 1 aliphatic carbocycles. The van der Waals surface area contributed by atoms with Crippen molar-refractivity contribution in [1.29, 1.82) is 0 Å².